The van der Waals surface area contributed by atoms with Gasteiger partial charge in [-0.1, -0.05) is 84.6 Å². The average Bonchev–Trinajstić information content (AvgIpc) is 3.43. The standard InChI is InChI=1S/C58H83N5O14S/c1-44-17-21-47(22-18-44)23-24-50(43-78(75,76)52-30-19-45(2)20-31-52)58(71)49-27-25-48(26-28-49)53(66)16-14-41-77-42-35-55(68)60-37-10-7-13-40-62(73)56(69)33-29-51(65)15-8-4-5-11-39-63(74)57(70)34-32-54(67)59-36-9-6-12-38-61(72)46(3)64/h17-22,25-28,30-31,50,72-74H,4-16,23-24,29,32-43H2,1-3H3,(H,59,67)(H,60,68). The van der Waals surface area contributed by atoms with Gasteiger partial charge >= 0.3 is 0 Å². The third-order valence-corrected chi connectivity index (χ3v) is 15.0. The fourth-order valence-electron chi connectivity index (χ4n) is 8.25. The summed E-state index contributed by atoms with van der Waals surface area (Å²) in [6.45, 7) is 6.78. The van der Waals surface area contributed by atoms with Gasteiger partial charge in [-0.25, -0.2) is 23.6 Å². The number of Topliss-reactive ketones (excluding diaryl/α,β-unsaturated/α-hetero) is 3. The molecule has 1 atom stereocenters. The summed E-state index contributed by atoms with van der Waals surface area (Å²) < 4.78 is 32.5. The van der Waals surface area contributed by atoms with E-state index in [1.807, 2.05) is 38.1 Å². The minimum atomic E-state index is -3.76. The summed E-state index contributed by atoms with van der Waals surface area (Å²) in [7, 11) is -3.76. The first-order chi connectivity index (χ1) is 37.2. The Kier molecular flexibility index (Phi) is 31.2. The molecule has 0 saturated carbocycles. The third-order valence-electron chi connectivity index (χ3n) is 13.2. The lowest BCUT2D eigenvalue weighted by Crippen LogP contribution is -2.31. The Hall–Kier alpha value is -6.19. The van der Waals surface area contributed by atoms with Crippen LogP contribution in [0, 0.1) is 19.8 Å². The van der Waals surface area contributed by atoms with E-state index in [1.54, 1.807) is 48.5 Å². The number of carbonyl (C=O) groups excluding carboxylic acids is 8. The third kappa shape index (κ3) is 27.4. The zero-order valence-electron chi connectivity index (χ0n) is 45.9. The number of aryl methyl sites for hydroxylation is 3. The van der Waals surface area contributed by atoms with Crippen molar-refractivity contribution in [1.82, 2.24) is 25.8 Å². The molecule has 0 fully saturated rings. The molecule has 0 spiro atoms. The molecule has 0 bridgehead atoms. The number of amides is 5. The molecular weight excluding hydrogens is 1020 g/mol. The summed E-state index contributed by atoms with van der Waals surface area (Å²) >= 11 is 0. The predicted octanol–water partition coefficient (Wildman–Crippen LogP) is 7.90. The molecule has 78 heavy (non-hydrogen) atoms. The normalized spacial score (nSPS) is 11.6. The second-order valence-electron chi connectivity index (χ2n) is 19.8. The van der Waals surface area contributed by atoms with Gasteiger partial charge in [0.15, 0.2) is 21.4 Å². The molecule has 19 nitrogen and oxygen atoms in total. The van der Waals surface area contributed by atoms with Crippen molar-refractivity contribution in [1.29, 1.82) is 0 Å². The quantitative estimate of drug-likeness (QED) is 0.0156. The molecule has 1 unspecified atom stereocenters. The zero-order chi connectivity index (χ0) is 57.3. The Labute approximate surface area is 460 Å². The summed E-state index contributed by atoms with van der Waals surface area (Å²) in [5, 5.41) is 36.9. The Balaban J connectivity index is 1.18. The topological polar surface area (TPSA) is 274 Å². The van der Waals surface area contributed by atoms with Crippen molar-refractivity contribution in [3.63, 3.8) is 0 Å². The van der Waals surface area contributed by atoms with Gasteiger partial charge < -0.3 is 15.4 Å². The molecule has 0 saturated heterocycles. The number of hydrogen-bond donors (Lipinski definition) is 5. The number of carbonyl (C=O) groups is 8. The van der Waals surface area contributed by atoms with Crippen molar-refractivity contribution in [2.75, 3.05) is 51.7 Å². The first-order valence-electron chi connectivity index (χ1n) is 27.4. The molecule has 0 aromatic heterocycles. The van der Waals surface area contributed by atoms with Gasteiger partial charge in [-0.3, -0.25) is 54.0 Å². The molecule has 3 aromatic carbocycles. The average molecular weight is 1110 g/mol. The maximum absolute atomic E-state index is 13.8. The second-order valence-corrected chi connectivity index (χ2v) is 21.9. The molecule has 0 heterocycles. The molecule has 3 aromatic rings. The Morgan fingerprint density at radius 3 is 1.60 bits per heavy atom. The van der Waals surface area contributed by atoms with E-state index in [0.717, 1.165) is 16.7 Å². The predicted molar refractivity (Wildman–Crippen MR) is 292 cm³/mol. The molecule has 0 aliphatic rings. The lowest BCUT2D eigenvalue weighted by Gasteiger charge is -2.17. The highest BCUT2D eigenvalue weighted by Gasteiger charge is 2.28. The van der Waals surface area contributed by atoms with Crippen LogP contribution in [0.5, 0.6) is 0 Å². The number of ketones is 3. The highest BCUT2D eigenvalue weighted by Crippen LogP contribution is 2.23. The van der Waals surface area contributed by atoms with E-state index in [0.29, 0.717) is 123 Å². The van der Waals surface area contributed by atoms with Gasteiger partial charge in [-0.15, -0.1) is 0 Å². The van der Waals surface area contributed by atoms with E-state index in [9.17, 15) is 62.4 Å². The molecular formula is C58H83N5O14S. The van der Waals surface area contributed by atoms with Crippen LogP contribution in [0.15, 0.2) is 77.7 Å². The van der Waals surface area contributed by atoms with Crippen LogP contribution >= 0.6 is 0 Å². The SMILES string of the molecule is CC(=O)N(O)CCCCCNC(=O)CCC(=O)N(O)CCCCCCC(=O)CCC(=O)N(O)CCCCCNC(=O)CCOCCCC(=O)c1ccc(C(=O)C(CCc2ccc(C)cc2)CS(=O)(=O)c2ccc(C)cc2)cc1. The van der Waals surface area contributed by atoms with Crippen LogP contribution in [-0.4, -0.2) is 138 Å². The van der Waals surface area contributed by atoms with Crippen LogP contribution in [0.1, 0.15) is 166 Å². The molecule has 5 N–H and O–H groups in total. The van der Waals surface area contributed by atoms with E-state index < -0.39 is 33.5 Å². The van der Waals surface area contributed by atoms with E-state index >= 15 is 0 Å². The number of hydroxylamine groups is 6. The molecule has 20 heteroatoms. The molecule has 3 rings (SSSR count). The van der Waals surface area contributed by atoms with Crippen molar-refractivity contribution in [3.05, 3.63) is 101 Å². The van der Waals surface area contributed by atoms with Gasteiger partial charge in [0.1, 0.15) is 5.78 Å². The first-order valence-corrected chi connectivity index (χ1v) is 29.0. The van der Waals surface area contributed by atoms with Gasteiger partial charge in [0.05, 0.1) is 17.3 Å². The number of nitrogens with one attached hydrogen (secondary N) is 2. The van der Waals surface area contributed by atoms with Crippen molar-refractivity contribution in [2.24, 2.45) is 5.92 Å². The van der Waals surface area contributed by atoms with E-state index in [2.05, 4.69) is 10.6 Å². The van der Waals surface area contributed by atoms with Gasteiger partial charge in [-0.05, 0) is 102 Å². The minimum Gasteiger partial charge on any atom is -0.381 e. The van der Waals surface area contributed by atoms with Gasteiger partial charge in [-0.2, -0.15) is 0 Å². The molecule has 0 aliphatic heterocycles. The van der Waals surface area contributed by atoms with Crippen LogP contribution in [0.4, 0.5) is 0 Å². The number of sulfone groups is 1. The number of nitrogens with zero attached hydrogens (tertiary/aromatic N) is 3. The number of ether oxygens (including phenoxy) is 1. The lowest BCUT2D eigenvalue weighted by molar-refractivity contribution is -0.166. The number of benzene rings is 3. The van der Waals surface area contributed by atoms with Crippen LogP contribution in [0.2, 0.25) is 0 Å². The maximum Gasteiger partial charge on any atom is 0.246 e. The molecule has 5 amide bonds. The van der Waals surface area contributed by atoms with Gasteiger partial charge in [0, 0.05) is 108 Å². The minimum absolute atomic E-state index is 0.00533. The zero-order valence-corrected chi connectivity index (χ0v) is 46.7. The van der Waals surface area contributed by atoms with Crippen LogP contribution in [-0.2, 0) is 49.8 Å². The van der Waals surface area contributed by atoms with E-state index in [1.165, 1.54) is 6.92 Å². The fraction of sp³-hybridized carbons (Fsp3) is 0.552. The highest BCUT2D eigenvalue weighted by atomic mass is 32.2. The van der Waals surface area contributed by atoms with Gasteiger partial charge in [0.25, 0.3) is 0 Å². The van der Waals surface area contributed by atoms with Crippen molar-refractivity contribution in [3.8, 4) is 0 Å². The second kappa shape index (κ2) is 36.8. The van der Waals surface area contributed by atoms with Gasteiger partial charge in [0.2, 0.25) is 29.5 Å². The highest BCUT2D eigenvalue weighted by molar-refractivity contribution is 7.91. The fourth-order valence-corrected chi connectivity index (χ4v) is 9.84. The maximum atomic E-state index is 13.8. The number of unbranched alkanes of at least 4 members (excludes halogenated alkanes) is 7. The van der Waals surface area contributed by atoms with Crippen LogP contribution in [0.3, 0.4) is 0 Å². The molecule has 0 radical (unpaired) electrons. The smallest absolute Gasteiger partial charge is 0.246 e. The number of rotatable bonds is 41. The van der Waals surface area contributed by atoms with Crippen LogP contribution < -0.4 is 10.6 Å². The van der Waals surface area contributed by atoms with Crippen molar-refractivity contribution >= 4 is 56.7 Å². The monoisotopic (exact) mass is 1110 g/mol. The Bertz CT molecular complexity index is 2470. The van der Waals surface area contributed by atoms with Crippen molar-refractivity contribution in [2.45, 2.75) is 154 Å². The lowest BCUT2D eigenvalue weighted by atomic mass is 9.92. The Morgan fingerprint density at radius 2 is 1.03 bits per heavy atom. The number of hydrogen-bond acceptors (Lipinski definition) is 14. The summed E-state index contributed by atoms with van der Waals surface area (Å²) in [6.07, 6.45) is 7.70. The van der Waals surface area contributed by atoms with Crippen LogP contribution in [0.25, 0.3) is 0 Å². The molecule has 430 valence electrons. The summed E-state index contributed by atoms with van der Waals surface area (Å²) in [6, 6.07) is 20.9. The molecule has 0 aliphatic carbocycles. The van der Waals surface area contributed by atoms with E-state index in [-0.39, 0.29) is 118 Å². The largest absolute Gasteiger partial charge is 0.381 e. The summed E-state index contributed by atoms with van der Waals surface area (Å²) in [5.41, 5.74) is 3.80. The Morgan fingerprint density at radius 1 is 0.526 bits per heavy atom. The first kappa shape index (κ1) is 66.1. The van der Waals surface area contributed by atoms with Crippen molar-refractivity contribution < 1.29 is 67.1 Å². The summed E-state index contributed by atoms with van der Waals surface area (Å²) in [5.74, 6) is -3.72. The van der Waals surface area contributed by atoms with E-state index in [4.69, 9.17) is 4.74 Å². The summed E-state index contributed by atoms with van der Waals surface area (Å²) in [4.78, 5) is 99.1.